The van der Waals surface area contributed by atoms with Crippen molar-refractivity contribution < 1.29 is 22.7 Å². The van der Waals surface area contributed by atoms with E-state index in [0.717, 1.165) is 61.3 Å². The molecule has 1 aromatic heterocycles. The number of nitrogens with one attached hydrogen (secondary N) is 1. The second-order valence-electron chi connectivity index (χ2n) is 9.51. The molecule has 0 unspecified atom stereocenters. The normalized spacial score (nSPS) is 15.5. The second-order valence-corrected chi connectivity index (χ2v) is 12.5. The van der Waals surface area contributed by atoms with Gasteiger partial charge in [0.15, 0.2) is 0 Å². The molecule has 10 heteroatoms. The molecule has 0 radical (unpaired) electrons. The van der Waals surface area contributed by atoms with Gasteiger partial charge in [-0.25, -0.2) is 13.2 Å². The van der Waals surface area contributed by atoms with Crippen LogP contribution in [0.1, 0.15) is 56.5 Å². The third kappa shape index (κ3) is 4.95. The van der Waals surface area contributed by atoms with Crippen LogP contribution in [0.15, 0.2) is 53.4 Å². The van der Waals surface area contributed by atoms with E-state index in [9.17, 15) is 18.0 Å². The molecule has 0 fully saturated rings. The fourth-order valence-corrected chi connectivity index (χ4v) is 8.01. The fraction of sp³-hybridized carbons (Fsp3) is 0.357. The molecule has 38 heavy (non-hydrogen) atoms. The average molecular weight is 554 g/mol. The van der Waals surface area contributed by atoms with Crippen molar-refractivity contribution in [1.82, 2.24) is 4.90 Å². The number of hydrogen-bond donors (Lipinski definition) is 1. The van der Waals surface area contributed by atoms with E-state index in [2.05, 4.69) is 17.1 Å². The average Bonchev–Trinajstić information content (AvgIpc) is 3.29. The van der Waals surface area contributed by atoms with Crippen molar-refractivity contribution in [2.75, 3.05) is 36.4 Å². The van der Waals surface area contributed by atoms with E-state index >= 15 is 0 Å². The van der Waals surface area contributed by atoms with Crippen LogP contribution in [0.2, 0.25) is 0 Å². The summed E-state index contributed by atoms with van der Waals surface area (Å²) in [6.45, 7) is 5.12. The Bertz CT molecular complexity index is 1460. The SMILES string of the molecule is CCCN1CCc2c(sc(NC(=O)c3ccc(S(=O)(=O)N4CCCc5ccccc54)cc3)c2C(=O)OC)C1. The topological polar surface area (TPSA) is 96.0 Å². The van der Waals surface area contributed by atoms with Gasteiger partial charge in [-0.15, -0.1) is 11.3 Å². The predicted octanol–water partition coefficient (Wildman–Crippen LogP) is 4.70. The number of anilines is 2. The molecule has 5 rings (SSSR count). The molecule has 2 aliphatic heterocycles. The number of sulfonamides is 1. The van der Waals surface area contributed by atoms with Gasteiger partial charge in [0.1, 0.15) is 5.00 Å². The summed E-state index contributed by atoms with van der Waals surface area (Å²) < 4.78 is 33.3. The molecule has 0 bridgehead atoms. The zero-order valence-corrected chi connectivity index (χ0v) is 23.2. The number of carbonyl (C=O) groups is 2. The number of amides is 1. The highest BCUT2D eigenvalue weighted by Gasteiger charge is 2.31. The minimum Gasteiger partial charge on any atom is -0.465 e. The quantitative estimate of drug-likeness (QED) is 0.426. The number of ether oxygens (including phenoxy) is 1. The van der Waals surface area contributed by atoms with E-state index in [4.69, 9.17) is 4.74 Å². The molecule has 3 heterocycles. The van der Waals surface area contributed by atoms with Gasteiger partial charge in [0, 0.05) is 30.1 Å². The molecule has 0 saturated carbocycles. The number of methoxy groups -OCH3 is 1. The summed E-state index contributed by atoms with van der Waals surface area (Å²) in [4.78, 5) is 29.3. The number of benzene rings is 2. The molecule has 3 aromatic rings. The molecular weight excluding hydrogens is 522 g/mol. The summed E-state index contributed by atoms with van der Waals surface area (Å²) in [7, 11) is -2.44. The number of thiophene rings is 1. The van der Waals surface area contributed by atoms with E-state index in [1.165, 1.54) is 47.0 Å². The molecule has 8 nitrogen and oxygen atoms in total. The first-order chi connectivity index (χ1) is 18.3. The van der Waals surface area contributed by atoms with Gasteiger partial charge in [0.2, 0.25) is 0 Å². The van der Waals surface area contributed by atoms with Crippen LogP contribution < -0.4 is 9.62 Å². The standard InChI is InChI=1S/C28H31N3O5S2/c1-3-15-30-17-14-22-24(18-30)37-27(25(22)28(33)36-2)29-26(32)20-10-12-21(13-11-20)38(34,35)31-16-6-8-19-7-4-5-9-23(19)31/h4-5,7,9-13H,3,6,8,14-18H2,1-2H3,(H,29,32). The zero-order valence-electron chi connectivity index (χ0n) is 21.5. The van der Waals surface area contributed by atoms with Crippen LogP contribution in [0, 0.1) is 0 Å². The van der Waals surface area contributed by atoms with Crippen LogP contribution in [-0.2, 0) is 34.1 Å². The highest BCUT2D eigenvalue weighted by atomic mass is 32.2. The van der Waals surface area contributed by atoms with Crippen molar-refractivity contribution in [3.8, 4) is 0 Å². The van der Waals surface area contributed by atoms with E-state index < -0.39 is 21.9 Å². The Kier molecular flexibility index (Phi) is 7.56. The fourth-order valence-electron chi connectivity index (χ4n) is 5.20. The maximum atomic E-state index is 13.4. The number of aryl methyl sites for hydroxylation is 1. The van der Waals surface area contributed by atoms with Crippen molar-refractivity contribution in [2.45, 2.75) is 44.0 Å². The minimum absolute atomic E-state index is 0.128. The van der Waals surface area contributed by atoms with Gasteiger partial charge in [-0.1, -0.05) is 25.1 Å². The summed E-state index contributed by atoms with van der Waals surface area (Å²) in [5, 5.41) is 3.35. The predicted molar refractivity (Wildman–Crippen MR) is 149 cm³/mol. The van der Waals surface area contributed by atoms with Gasteiger partial charge < -0.3 is 10.1 Å². The number of fused-ring (bicyclic) bond motifs is 2. The molecule has 1 N–H and O–H groups in total. The lowest BCUT2D eigenvalue weighted by molar-refractivity contribution is 0.0600. The number of carbonyl (C=O) groups excluding carboxylic acids is 2. The first-order valence-corrected chi connectivity index (χ1v) is 15.1. The van der Waals surface area contributed by atoms with Crippen LogP contribution in [-0.4, -0.2) is 51.9 Å². The molecule has 0 atom stereocenters. The van der Waals surface area contributed by atoms with E-state index in [1.807, 2.05) is 24.3 Å². The summed E-state index contributed by atoms with van der Waals surface area (Å²) in [5.74, 6) is -0.878. The third-order valence-corrected chi connectivity index (χ3v) is 10.0. The summed E-state index contributed by atoms with van der Waals surface area (Å²) in [6.07, 6.45) is 3.36. The van der Waals surface area contributed by atoms with Gasteiger partial charge in [0.25, 0.3) is 15.9 Å². The summed E-state index contributed by atoms with van der Waals surface area (Å²) in [5.41, 5.74) is 3.37. The van der Waals surface area contributed by atoms with E-state index in [1.54, 1.807) is 0 Å². The van der Waals surface area contributed by atoms with Crippen molar-refractivity contribution in [1.29, 1.82) is 0 Å². The lowest BCUT2D eigenvalue weighted by atomic mass is 10.0. The lowest BCUT2D eigenvalue weighted by Gasteiger charge is -2.30. The van der Waals surface area contributed by atoms with Gasteiger partial charge >= 0.3 is 5.97 Å². The molecular formula is C28H31N3O5S2. The van der Waals surface area contributed by atoms with Crippen molar-refractivity contribution in [3.05, 3.63) is 75.7 Å². The van der Waals surface area contributed by atoms with Crippen LogP contribution in [0.3, 0.4) is 0 Å². The second kappa shape index (κ2) is 10.9. The third-order valence-electron chi connectivity index (χ3n) is 7.06. The monoisotopic (exact) mass is 553 g/mol. The van der Waals surface area contributed by atoms with Crippen LogP contribution >= 0.6 is 11.3 Å². The van der Waals surface area contributed by atoms with Crippen LogP contribution in [0.4, 0.5) is 10.7 Å². The first-order valence-electron chi connectivity index (χ1n) is 12.8. The largest absolute Gasteiger partial charge is 0.465 e. The molecule has 2 aliphatic rings. The number of para-hydroxylation sites is 1. The zero-order chi connectivity index (χ0) is 26.9. The molecule has 2 aromatic carbocycles. The Morgan fingerprint density at radius 1 is 1.05 bits per heavy atom. The molecule has 0 aliphatic carbocycles. The Balaban J connectivity index is 1.37. The molecule has 1 amide bonds. The Morgan fingerprint density at radius 3 is 2.55 bits per heavy atom. The Labute approximate surface area is 227 Å². The highest BCUT2D eigenvalue weighted by Crippen LogP contribution is 2.38. The van der Waals surface area contributed by atoms with E-state index in [0.29, 0.717) is 28.4 Å². The van der Waals surface area contributed by atoms with Crippen LogP contribution in [0.5, 0.6) is 0 Å². The maximum absolute atomic E-state index is 13.4. The molecule has 0 spiro atoms. The Morgan fingerprint density at radius 2 is 1.82 bits per heavy atom. The first kappa shape index (κ1) is 26.4. The Hall–Kier alpha value is -3.21. The van der Waals surface area contributed by atoms with Crippen molar-refractivity contribution in [2.24, 2.45) is 0 Å². The number of rotatable bonds is 7. The summed E-state index contributed by atoms with van der Waals surface area (Å²) >= 11 is 1.40. The van der Waals surface area contributed by atoms with E-state index in [-0.39, 0.29) is 4.90 Å². The number of esters is 1. The highest BCUT2D eigenvalue weighted by molar-refractivity contribution is 7.92. The minimum atomic E-state index is -3.77. The summed E-state index contributed by atoms with van der Waals surface area (Å²) in [6, 6.07) is 13.5. The van der Waals surface area contributed by atoms with Crippen LogP contribution in [0.25, 0.3) is 0 Å². The molecule has 200 valence electrons. The number of nitrogens with zero attached hydrogens (tertiary/aromatic N) is 2. The maximum Gasteiger partial charge on any atom is 0.341 e. The molecule has 0 saturated heterocycles. The van der Waals surface area contributed by atoms with Gasteiger partial charge in [0.05, 0.1) is 23.3 Å². The lowest BCUT2D eigenvalue weighted by Crippen LogP contribution is -2.35. The van der Waals surface area contributed by atoms with Crippen molar-refractivity contribution in [3.63, 3.8) is 0 Å². The van der Waals surface area contributed by atoms with Gasteiger partial charge in [-0.05, 0) is 73.7 Å². The van der Waals surface area contributed by atoms with Crippen molar-refractivity contribution >= 4 is 43.9 Å². The van der Waals surface area contributed by atoms with Gasteiger partial charge in [-0.2, -0.15) is 0 Å². The number of hydrogen-bond acceptors (Lipinski definition) is 7. The van der Waals surface area contributed by atoms with Gasteiger partial charge in [-0.3, -0.25) is 14.0 Å². The smallest absolute Gasteiger partial charge is 0.341 e.